The molecule has 0 aliphatic carbocycles. The molecule has 4 rings (SSSR count). The van der Waals surface area contributed by atoms with Gasteiger partial charge in [0.05, 0.1) is 11.4 Å². The summed E-state index contributed by atoms with van der Waals surface area (Å²) in [7, 11) is 1.85. The Kier molecular flexibility index (Phi) is 3.39. The standard InChI is InChI=1S/C18H17N5O/c1-11-21-22-18-17(19-2)20-16(12-6-4-3-5-7-12)14-9-8-13(24)10-15(14)23(11)18/h3-10,17,19,24H,1-2H3. The Morgan fingerprint density at radius 2 is 1.88 bits per heavy atom. The Labute approximate surface area is 139 Å². The lowest BCUT2D eigenvalue weighted by atomic mass is 10.0. The zero-order valence-electron chi connectivity index (χ0n) is 13.4. The Hall–Kier alpha value is -2.99. The summed E-state index contributed by atoms with van der Waals surface area (Å²) in [6, 6.07) is 15.3. The number of hydrogen-bond donors (Lipinski definition) is 2. The maximum Gasteiger partial charge on any atom is 0.177 e. The maximum absolute atomic E-state index is 10.0. The van der Waals surface area contributed by atoms with Crippen LogP contribution in [0.15, 0.2) is 53.5 Å². The number of aromatic hydroxyl groups is 1. The molecule has 24 heavy (non-hydrogen) atoms. The van der Waals surface area contributed by atoms with Crippen LogP contribution in [0.25, 0.3) is 5.69 Å². The molecule has 0 spiro atoms. The van der Waals surface area contributed by atoms with Crippen LogP contribution in [0.1, 0.15) is 28.9 Å². The number of benzene rings is 2. The lowest BCUT2D eigenvalue weighted by Gasteiger charge is -2.12. The second kappa shape index (κ2) is 5.58. The molecule has 0 amide bonds. The number of nitrogens with one attached hydrogen (secondary N) is 1. The van der Waals surface area contributed by atoms with Crippen molar-refractivity contribution >= 4 is 5.71 Å². The summed E-state index contributed by atoms with van der Waals surface area (Å²) < 4.78 is 1.94. The molecule has 1 aliphatic heterocycles. The van der Waals surface area contributed by atoms with Gasteiger partial charge in [-0.3, -0.25) is 14.9 Å². The first-order chi connectivity index (χ1) is 11.7. The number of aliphatic imine (C=N–C) groups is 1. The molecule has 1 aliphatic rings. The van der Waals surface area contributed by atoms with Gasteiger partial charge in [-0.1, -0.05) is 30.3 Å². The third-order valence-electron chi connectivity index (χ3n) is 4.15. The molecule has 120 valence electrons. The first kappa shape index (κ1) is 14.6. The quantitative estimate of drug-likeness (QED) is 0.760. The number of phenolic OH excluding ortho intramolecular Hbond substituents is 1. The van der Waals surface area contributed by atoms with Crippen molar-refractivity contribution in [1.29, 1.82) is 0 Å². The Morgan fingerprint density at radius 1 is 1.08 bits per heavy atom. The van der Waals surface area contributed by atoms with Crippen molar-refractivity contribution in [3.63, 3.8) is 0 Å². The maximum atomic E-state index is 10.0. The van der Waals surface area contributed by atoms with E-state index in [9.17, 15) is 5.11 Å². The minimum Gasteiger partial charge on any atom is -0.508 e. The highest BCUT2D eigenvalue weighted by Gasteiger charge is 2.27. The molecule has 2 aromatic carbocycles. The highest BCUT2D eigenvalue weighted by molar-refractivity contribution is 6.15. The van der Waals surface area contributed by atoms with Crippen LogP contribution in [0.4, 0.5) is 0 Å². The van der Waals surface area contributed by atoms with Crippen LogP contribution in [0.5, 0.6) is 5.75 Å². The molecular formula is C18H17N5O. The van der Waals surface area contributed by atoms with Gasteiger partial charge in [0.2, 0.25) is 0 Å². The lowest BCUT2D eigenvalue weighted by molar-refractivity contribution is 0.475. The second-order valence-electron chi connectivity index (χ2n) is 5.68. The third-order valence-corrected chi connectivity index (χ3v) is 4.15. The van der Waals surface area contributed by atoms with E-state index in [0.29, 0.717) is 5.82 Å². The topological polar surface area (TPSA) is 75.3 Å². The molecule has 6 heteroatoms. The van der Waals surface area contributed by atoms with Crippen LogP contribution >= 0.6 is 0 Å². The average molecular weight is 319 g/mol. The average Bonchev–Trinajstić information content (AvgIpc) is 2.92. The molecule has 0 radical (unpaired) electrons. The summed E-state index contributed by atoms with van der Waals surface area (Å²) in [6.45, 7) is 1.89. The molecule has 2 N–H and O–H groups in total. The molecule has 1 atom stereocenters. The van der Waals surface area contributed by atoms with Gasteiger partial charge in [-0.2, -0.15) is 0 Å². The summed E-state index contributed by atoms with van der Waals surface area (Å²) in [5.41, 5.74) is 3.63. The van der Waals surface area contributed by atoms with Crippen LogP contribution in [0.2, 0.25) is 0 Å². The van der Waals surface area contributed by atoms with Gasteiger partial charge in [-0.25, -0.2) is 0 Å². The lowest BCUT2D eigenvalue weighted by Crippen LogP contribution is -2.18. The van der Waals surface area contributed by atoms with Gasteiger partial charge in [0.15, 0.2) is 12.0 Å². The first-order valence-corrected chi connectivity index (χ1v) is 7.75. The van der Waals surface area contributed by atoms with Crippen molar-refractivity contribution in [1.82, 2.24) is 20.1 Å². The zero-order valence-corrected chi connectivity index (χ0v) is 13.4. The SMILES string of the molecule is CNC1N=C(c2ccccc2)c2ccc(O)cc2-n2c(C)nnc21. The fourth-order valence-corrected chi connectivity index (χ4v) is 3.03. The molecule has 1 unspecified atom stereocenters. The van der Waals surface area contributed by atoms with Crippen molar-refractivity contribution in [3.8, 4) is 11.4 Å². The highest BCUT2D eigenvalue weighted by Crippen LogP contribution is 2.31. The molecule has 1 aromatic heterocycles. The summed E-state index contributed by atoms with van der Waals surface area (Å²) in [5.74, 6) is 1.65. The van der Waals surface area contributed by atoms with Crippen molar-refractivity contribution in [2.45, 2.75) is 13.1 Å². The van der Waals surface area contributed by atoms with E-state index in [1.807, 2.05) is 54.9 Å². The van der Waals surface area contributed by atoms with Crippen molar-refractivity contribution in [2.24, 2.45) is 4.99 Å². The minimum absolute atomic E-state index is 0.197. The van der Waals surface area contributed by atoms with Gasteiger partial charge >= 0.3 is 0 Å². The van der Waals surface area contributed by atoms with Gasteiger partial charge in [0.25, 0.3) is 0 Å². The molecule has 6 nitrogen and oxygen atoms in total. The summed E-state index contributed by atoms with van der Waals surface area (Å²) >= 11 is 0. The molecular weight excluding hydrogens is 302 g/mol. The number of aryl methyl sites for hydroxylation is 1. The number of nitrogens with zero attached hydrogens (tertiary/aromatic N) is 4. The van der Waals surface area contributed by atoms with Gasteiger partial charge in [0, 0.05) is 17.2 Å². The number of fused-ring (bicyclic) bond motifs is 3. The van der Waals surface area contributed by atoms with Crippen molar-refractivity contribution in [2.75, 3.05) is 7.05 Å². The molecule has 0 bridgehead atoms. The van der Waals surface area contributed by atoms with Gasteiger partial charge in [-0.05, 0) is 26.1 Å². The van der Waals surface area contributed by atoms with E-state index in [4.69, 9.17) is 4.99 Å². The second-order valence-corrected chi connectivity index (χ2v) is 5.68. The van der Waals surface area contributed by atoms with Crippen molar-refractivity contribution in [3.05, 3.63) is 71.3 Å². The monoisotopic (exact) mass is 319 g/mol. The molecule has 2 heterocycles. The summed E-state index contributed by atoms with van der Waals surface area (Å²) in [4.78, 5) is 4.89. The van der Waals surface area contributed by atoms with E-state index >= 15 is 0 Å². The first-order valence-electron chi connectivity index (χ1n) is 7.75. The van der Waals surface area contributed by atoms with E-state index in [2.05, 4.69) is 15.5 Å². The van der Waals surface area contributed by atoms with Gasteiger partial charge in [0.1, 0.15) is 11.6 Å². The predicted octanol–water partition coefficient (Wildman–Crippen LogP) is 2.35. The van der Waals surface area contributed by atoms with Crippen LogP contribution in [-0.2, 0) is 0 Å². The van der Waals surface area contributed by atoms with E-state index in [-0.39, 0.29) is 11.9 Å². The van der Waals surface area contributed by atoms with E-state index < -0.39 is 0 Å². The minimum atomic E-state index is -0.323. The normalized spacial score (nSPS) is 16.1. The molecule has 3 aromatic rings. The molecule has 0 saturated carbocycles. The van der Waals surface area contributed by atoms with Crippen LogP contribution in [0.3, 0.4) is 0 Å². The van der Waals surface area contributed by atoms with Crippen molar-refractivity contribution < 1.29 is 5.11 Å². The number of rotatable bonds is 2. The predicted molar refractivity (Wildman–Crippen MR) is 91.6 cm³/mol. The highest BCUT2D eigenvalue weighted by atomic mass is 16.3. The fraction of sp³-hybridized carbons (Fsp3) is 0.167. The summed E-state index contributed by atoms with van der Waals surface area (Å²) in [5, 5.41) is 21.7. The molecule has 0 saturated heterocycles. The zero-order chi connectivity index (χ0) is 16.7. The molecule has 0 fully saturated rings. The number of hydrogen-bond acceptors (Lipinski definition) is 5. The Morgan fingerprint density at radius 3 is 2.62 bits per heavy atom. The van der Waals surface area contributed by atoms with Crippen LogP contribution in [-0.4, -0.2) is 32.6 Å². The van der Waals surface area contributed by atoms with E-state index in [1.54, 1.807) is 12.1 Å². The Bertz CT molecular complexity index is 930. The summed E-state index contributed by atoms with van der Waals surface area (Å²) in [6.07, 6.45) is -0.323. The smallest absolute Gasteiger partial charge is 0.177 e. The van der Waals surface area contributed by atoms with E-state index in [1.165, 1.54) is 0 Å². The van der Waals surface area contributed by atoms with E-state index in [0.717, 1.165) is 28.4 Å². The fourth-order valence-electron chi connectivity index (χ4n) is 3.03. The van der Waals surface area contributed by atoms with Gasteiger partial charge in [-0.15, -0.1) is 10.2 Å². The third kappa shape index (κ3) is 2.19. The van der Waals surface area contributed by atoms with Crippen LogP contribution in [0, 0.1) is 6.92 Å². The number of aromatic nitrogens is 3. The largest absolute Gasteiger partial charge is 0.508 e. The Balaban J connectivity index is 2.05. The van der Waals surface area contributed by atoms with Crippen LogP contribution < -0.4 is 5.32 Å². The number of phenols is 1. The van der Waals surface area contributed by atoms with Gasteiger partial charge < -0.3 is 5.11 Å².